The van der Waals surface area contributed by atoms with Crippen LogP contribution in [-0.2, 0) is 11.3 Å². The highest BCUT2D eigenvalue weighted by Gasteiger charge is 1.96. The minimum absolute atomic E-state index is 0.120. The SMILES string of the molecule is N#Cc1cccc(/C=C\C(=O)NCCCCn2ccnc2)c1. The van der Waals surface area contributed by atoms with Crippen LogP contribution in [0.25, 0.3) is 6.08 Å². The maximum atomic E-state index is 11.7. The molecule has 0 fully saturated rings. The van der Waals surface area contributed by atoms with E-state index in [9.17, 15) is 4.79 Å². The summed E-state index contributed by atoms with van der Waals surface area (Å²) in [6.07, 6.45) is 10.6. The molecule has 1 amide bonds. The Kier molecular flexibility index (Phi) is 5.94. The van der Waals surface area contributed by atoms with Gasteiger partial charge in [-0.15, -0.1) is 0 Å². The highest BCUT2D eigenvalue weighted by molar-refractivity contribution is 5.91. The second kappa shape index (κ2) is 8.42. The summed E-state index contributed by atoms with van der Waals surface area (Å²) in [6, 6.07) is 9.21. The Morgan fingerprint density at radius 3 is 3.09 bits per heavy atom. The number of hydrogen-bond acceptors (Lipinski definition) is 3. The fraction of sp³-hybridized carbons (Fsp3) is 0.235. The summed E-state index contributed by atoms with van der Waals surface area (Å²) >= 11 is 0. The van der Waals surface area contributed by atoms with E-state index in [0.29, 0.717) is 12.1 Å². The molecule has 1 heterocycles. The van der Waals surface area contributed by atoms with E-state index in [4.69, 9.17) is 5.26 Å². The molecule has 5 heteroatoms. The molecular formula is C17H18N4O. The molecule has 0 saturated heterocycles. The summed E-state index contributed by atoms with van der Waals surface area (Å²) in [5.74, 6) is -0.120. The predicted molar refractivity (Wildman–Crippen MR) is 84.7 cm³/mol. The Morgan fingerprint density at radius 1 is 1.41 bits per heavy atom. The van der Waals surface area contributed by atoms with E-state index >= 15 is 0 Å². The quantitative estimate of drug-likeness (QED) is 0.629. The van der Waals surface area contributed by atoms with Crippen LogP contribution in [0.1, 0.15) is 24.0 Å². The maximum absolute atomic E-state index is 11.7. The van der Waals surface area contributed by atoms with Crippen molar-refractivity contribution in [3.05, 3.63) is 60.2 Å². The van der Waals surface area contributed by atoms with Gasteiger partial charge in [-0.25, -0.2) is 4.98 Å². The van der Waals surface area contributed by atoms with Gasteiger partial charge in [0, 0.05) is 31.6 Å². The summed E-state index contributed by atoms with van der Waals surface area (Å²) in [6.45, 7) is 1.56. The molecule has 22 heavy (non-hydrogen) atoms. The van der Waals surface area contributed by atoms with Crippen LogP contribution in [0, 0.1) is 11.3 Å². The predicted octanol–water partition coefficient (Wildman–Crippen LogP) is 2.36. The number of hydrogen-bond donors (Lipinski definition) is 1. The monoisotopic (exact) mass is 294 g/mol. The number of carbonyl (C=O) groups excluding carboxylic acids is 1. The van der Waals surface area contributed by atoms with Crippen molar-refractivity contribution in [3.8, 4) is 6.07 Å². The first kappa shape index (κ1) is 15.5. The molecule has 0 saturated carbocycles. The van der Waals surface area contributed by atoms with Crippen molar-refractivity contribution in [3.63, 3.8) is 0 Å². The van der Waals surface area contributed by atoms with Crippen molar-refractivity contribution in [2.75, 3.05) is 6.54 Å². The molecule has 0 aliphatic carbocycles. The Bertz CT molecular complexity index is 668. The molecule has 0 unspecified atom stereocenters. The molecule has 0 aliphatic heterocycles. The van der Waals surface area contributed by atoms with Crippen LogP contribution in [0.5, 0.6) is 0 Å². The number of aryl methyl sites for hydroxylation is 1. The number of nitrogens with one attached hydrogen (secondary N) is 1. The number of benzene rings is 1. The van der Waals surface area contributed by atoms with Crippen LogP contribution in [-0.4, -0.2) is 22.0 Å². The summed E-state index contributed by atoms with van der Waals surface area (Å²) < 4.78 is 2.02. The third kappa shape index (κ3) is 5.25. The molecule has 5 nitrogen and oxygen atoms in total. The number of amides is 1. The lowest BCUT2D eigenvalue weighted by molar-refractivity contribution is -0.116. The second-order valence-corrected chi connectivity index (χ2v) is 4.87. The first-order valence-corrected chi connectivity index (χ1v) is 7.20. The minimum Gasteiger partial charge on any atom is -0.353 e. The van der Waals surface area contributed by atoms with Gasteiger partial charge in [0.15, 0.2) is 0 Å². The van der Waals surface area contributed by atoms with Gasteiger partial charge >= 0.3 is 0 Å². The van der Waals surface area contributed by atoms with Crippen LogP contribution in [0.4, 0.5) is 0 Å². The van der Waals surface area contributed by atoms with E-state index in [1.807, 2.05) is 16.8 Å². The Balaban J connectivity index is 1.67. The van der Waals surface area contributed by atoms with Crippen molar-refractivity contribution < 1.29 is 4.79 Å². The van der Waals surface area contributed by atoms with Gasteiger partial charge < -0.3 is 9.88 Å². The van der Waals surface area contributed by atoms with Crippen LogP contribution in [0.15, 0.2) is 49.1 Å². The fourth-order valence-electron chi connectivity index (χ4n) is 1.99. The highest BCUT2D eigenvalue weighted by Crippen LogP contribution is 2.05. The lowest BCUT2D eigenvalue weighted by Crippen LogP contribution is -2.22. The normalized spacial score (nSPS) is 10.5. The molecular weight excluding hydrogens is 276 g/mol. The van der Waals surface area contributed by atoms with Crippen LogP contribution < -0.4 is 5.32 Å². The Labute approximate surface area is 129 Å². The van der Waals surface area contributed by atoms with Gasteiger partial charge in [-0.1, -0.05) is 12.1 Å². The van der Waals surface area contributed by atoms with Gasteiger partial charge in [-0.3, -0.25) is 4.79 Å². The van der Waals surface area contributed by atoms with Gasteiger partial charge in [0.25, 0.3) is 0 Å². The lowest BCUT2D eigenvalue weighted by Gasteiger charge is -2.03. The molecule has 2 aromatic rings. The van der Waals surface area contributed by atoms with Crippen molar-refractivity contribution in [1.82, 2.24) is 14.9 Å². The molecule has 1 aromatic carbocycles. The van der Waals surface area contributed by atoms with Gasteiger partial charge in [0.1, 0.15) is 0 Å². The standard InChI is InChI=1S/C17H18N4O/c18-13-16-5-3-4-15(12-16)6-7-17(22)20-8-1-2-10-21-11-9-19-14-21/h3-7,9,11-12,14H,1-2,8,10H2,(H,20,22)/b7-6-. The maximum Gasteiger partial charge on any atom is 0.243 e. The number of imidazole rings is 1. The van der Waals surface area contributed by atoms with E-state index < -0.39 is 0 Å². The van der Waals surface area contributed by atoms with E-state index in [0.717, 1.165) is 24.9 Å². The number of carbonyl (C=O) groups is 1. The van der Waals surface area contributed by atoms with Gasteiger partial charge in [0.2, 0.25) is 5.91 Å². The zero-order chi connectivity index (χ0) is 15.6. The molecule has 1 N–H and O–H groups in total. The molecule has 0 aliphatic rings. The summed E-state index contributed by atoms with van der Waals surface area (Å²) in [4.78, 5) is 15.7. The first-order chi connectivity index (χ1) is 10.8. The van der Waals surface area contributed by atoms with Gasteiger partial charge in [-0.2, -0.15) is 5.26 Å². The largest absolute Gasteiger partial charge is 0.353 e. The average molecular weight is 294 g/mol. The van der Waals surface area contributed by atoms with E-state index in [1.165, 1.54) is 6.08 Å². The van der Waals surface area contributed by atoms with E-state index in [2.05, 4.69) is 16.4 Å². The third-order valence-electron chi connectivity index (χ3n) is 3.14. The molecule has 2 rings (SSSR count). The van der Waals surface area contributed by atoms with Crippen LogP contribution >= 0.6 is 0 Å². The first-order valence-electron chi connectivity index (χ1n) is 7.20. The van der Waals surface area contributed by atoms with Crippen molar-refractivity contribution in [1.29, 1.82) is 5.26 Å². The highest BCUT2D eigenvalue weighted by atomic mass is 16.1. The molecule has 1 aromatic heterocycles. The number of nitriles is 1. The van der Waals surface area contributed by atoms with Crippen LogP contribution in [0.2, 0.25) is 0 Å². The molecule has 112 valence electrons. The summed E-state index contributed by atoms with van der Waals surface area (Å²) in [7, 11) is 0. The smallest absolute Gasteiger partial charge is 0.243 e. The molecule has 0 spiro atoms. The minimum atomic E-state index is -0.120. The summed E-state index contributed by atoms with van der Waals surface area (Å²) in [5, 5.41) is 11.7. The third-order valence-corrected chi connectivity index (χ3v) is 3.14. The lowest BCUT2D eigenvalue weighted by atomic mass is 10.1. The van der Waals surface area contributed by atoms with E-state index in [1.54, 1.807) is 36.8 Å². The van der Waals surface area contributed by atoms with Crippen molar-refractivity contribution >= 4 is 12.0 Å². The van der Waals surface area contributed by atoms with Gasteiger partial charge in [-0.05, 0) is 36.6 Å². The molecule has 0 atom stereocenters. The number of aromatic nitrogens is 2. The zero-order valence-electron chi connectivity index (χ0n) is 12.3. The summed E-state index contributed by atoms with van der Waals surface area (Å²) in [5.41, 5.74) is 1.43. The number of rotatable bonds is 7. The molecule has 0 bridgehead atoms. The van der Waals surface area contributed by atoms with Crippen molar-refractivity contribution in [2.45, 2.75) is 19.4 Å². The number of nitrogens with zero attached hydrogens (tertiary/aromatic N) is 3. The second-order valence-electron chi connectivity index (χ2n) is 4.87. The van der Waals surface area contributed by atoms with Gasteiger partial charge in [0.05, 0.1) is 18.0 Å². The Hall–Kier alpha value is -2.87. The molecule has 0 radical (unpaired) electrons. The average Bonchev–Trinajstić information content (AvgIpc) is 3.06. The van der Waals surface area contributed by atoms with E-state index in [-0.39, 0.29) is 5.91 Å². The topological polar surface area (TPSA) is 70.7 Å². The van der Waals surface area contributed by atoms with Crippen LogP contribution in [0.3, 0.4) is 0 Å². The fourth-order valence-corrected chi connectivity index (χ4v) is 1.99. The Morgan fingerprint density at radius 2 is 2.32 bits per heavy atom. The van der Waals surface area contributed by atoms with Crippen molar-refractivity contribution in [2.24, 2.45) is 0 Å². The number of unbranched alkanes of at least 4 members (excludes halogenated alkanes) is 1. The zero-order valence-corrected chi connectivity index (χ0v) is 12.3.